The standard InChI is InChI=1S/C20H25NO3/c1-14-6-10-16(11-7-14)20(23,17-12-8-15(2)9-13-17)18(22)21(24)19(3,4)5/h6-13,23-24H,1-5H3. The first-order chi connectivity index (χ1) is 11.1. The molecule has 0 aliphatic carbocycles. The Morgan fingerprint density at radius 1 is 0.833 bits per heavy atom. The van der Waals surface area contributed by atoms with Gasteiger partial charge in [0.1, 0.15) is 0 Å². The number of carbonyl (C=O) groups excluding carboxylic acids is 1. The molecule has 0 spiro atoms. The fraction of sp³-hybridized carbons (Fsp3) is 0.350. The molecule has 4 heteroatoms. The van der Waals surface area contributed by atoms with Crippen LogP contribution in [0.25, 0.3) is 0 Å². The lowest BCUT2D eigenvalue weighted by molar-refractivity contribution is -0.203. The maximum absolute atomic E-state index is 13.0. The van der Waals surface area contributed by atoms with Crippen LogP contribution in [-0.4, -0.2) is 26.8 Å². The molecular weight excluding hydrogens is 302 g/mol. The van der Waals surface area contributed by atoms with E-state index in [-0.39, 0.29) is 0 Å². The van der Waals surface area contributed by atoms with Gasteiger partial charge in [0.05, 0.1) is 5.54 Å². The molecule has 0 aromatic heterocycles. The number of hydrogen-bond acceptors (Lipinski definition) is 3. The van der Waals surface area contributed by atoms with E-state index < -0.39 is 17.0 Å². The molecule has 0 aliphatic rings. The third-order valence-electron chi connectivity index (χ3n) is 4.08. The van der Waals surface area contributed by atoms with Gasteiger partial charge in [0.2, 0.25) is 0 Å². The van der Waals surface area contributed by atoms with Crippen molar-refractivity contribution in [2.24, 2.45) is 0 Å². The monoisotopic (exact) mass is 327 g/mol. The molecule has 2 rings (SSSR count). The van der Waals surface area contributed by atoms with Crippen molar-refractivity contribution in [3.63, 3.8) is 0 Å². The van der Waals surface area contributed by atoms with Crippen LogP contribution in [-0.2, 0) is 10.4 Å². The van der Waals surface area contributed by atoms with Crippen LogP contribution in [0.1, 0.15) is 43.0 Å². The third kappa shape index (κ3) is 3.35. The highest BCUT2D eigenvalue weighted by atomic mass is 16.5. The number of amides is 1. The Morgan fingerprint density at radius 2 is 1.17 bits per heavy atom. The van der Waals surface area contributed by atoms with Crippen molar-refractivity contribution in [2.75, 3.05) is 0 Å². The van der Waals surface area contributed by atoms with E-state index in [2.05, 4.69) is 0 Å². The lowest BCUT2D eigenvalue weighted by atomic mass is 9.84. The molecule has 0 unspecified atom stereocenters. The highest BCUT2D eigenvalue weighted by molar-refractivity contribution is 5.89. The largest absolute Gasteiger partial charge is 0.372 e. The van der Waals surface area contributed by atoms with Gasteiger partial charge < -0.3 is 5.11 Å². The van der Waals surface area contributed by atoms with E-state index in [4.69, 9.17) is 0 Å². The Labute approximate surface area is 143 Å². The van der Waals surface area contributed by atoms with Crippen LogP contribution < -0.4 is 0 Å². The summed E-state index contributed by atoms with van der Waals surface area (Å²) in [5.74, 6) is -0.775. The predicted octanol–water partition coefficient (Wildman–Crippen LogP) is 3.56. The first kappa shape index (κ1) is 18.2. The summed E-state index contributed by atoms with van der Waals surface area (Å²) in [5.41, 5.74) is 0.0999. The van der Waals surface area contributed by atoms with Crippen LogP contribution in [0.15, 0.2) is 48.5 Å². The van der Waals surface area contributed by atoms with E-state index >= 15 is 0 Å². The van der Waals surface area contributed by atoms with Gasteiger partial charge in [0.15, 0.2) is 5.60 Å². The maximum Gasteiger partial charge on any atom is 0.287 e. The molecule has 0 atom stereocenters. The molecule has 0 radical (unpaired) electrons. The number of carbonyl (C=O) groups is 1. The second kappa shape index (κ2) is 6.38. The van der Waals surface area contributed by atoms with E-state index in [9.17, 15) is 15.1 Å². The number of hydroxylamine groups is 2. The van der Waals surface area contributed by atoms with E-state index in [0.717, 1.165) is 11.1 Å². The number of aryl methyl sites for hydroxylation is 2. The average Bonchev–Trinajstić information content (AvgIpc) is 2.53. The molecule has 128 valence electrons. The van der Waals surface area contributed by atoms with Crippen LogP contribution in [0, 0.1) is 13.8 Å². The van der Waals surface area contributed by atoms with Crippen molar-refractivity contribution in [3.8, 4) is 0 Å². The van der Waals surface area contributed by atoms with Crippen LogP contribution in [0.2, 0.25) is 0 Å². The Hall–Kier alpha value is -2.17. The molecule has 0 saturated carbocycles. The van der Waals surface area contributed by atoms with E-state index in [1.807, 2.05) is 38.1 Å². The normalized spacial score (nSPS) is 12.1. The number of benzene rings is 2. The molecule has 4 nitrogen and oxygen atoms in total. The predicted molar refractivity (Wildman–Crippen MR) is 93.7 cm³/mol. The fourth-order valence-electron chi connectivity index (χ4n) is 2.46. The van der Waals surface area contributed by atoms with Gasteiger partial charge in [-0.25, -0.2) is 5.06 Å². The van der Waals surface area contributed by atoms with Gasteiger partial charge in [0, 0.05) is 0 Å². The second-order valence-electron chi connectivity index (χ2n) is 7.23. The lowest BCUT2D eigenvalue weighted by Crippen LogP contribution is -2.53. The van der Waals surface area contributed by atoms with Crippen molar-refractivity contribution in [2.45, 2.75) is 45.8 Å². The van der Waals surface area contributed by atoms with Crippen LogP contribution in [0.5, 0.6) is 0 Å². The summed E-state index contributed by atoms with van der Waals surface area (Å²) in [4.78, 5) is 13.0. The van der Waals surface area contributed by atoms with E-state index in [0.29, 0.717) is 16.2 Å². The van der Waals surface area contributed by atoms with Crippen molar-refractivity contribution in [1.29, 1.82) is 0 Å². The summed E-state index contributed by atoms with van der Waals surface area (Å²) in [6, 6.07) is 14.2. The van der Waals surface area contributed by atoms with Gasteiger partial charge in [-0.1, -0.05) is 59.7 Å². The molecule has 2 aromatic carbocycles. The smallest absolute Gasteiger partial charge is 0.287 e. The Morgan fingerprint density at radius 3 is 1.46 bits per heavy atom. The molecule has 24 heavy (non-hydrogen) atoms. The molecule has 2 N–H and O–H groups in total. The zero-order valence-electron chi connectivity index (χ0n) is 14.9. The fourth-order valence-corrected chi connectivity index (χ4v) is 2.46. The SMILES string of the molecule is Cc1ccc(C(O)(C(=O)N(O)C(C)(C)C)c2ccc(C)cc2)cc1. The molecule has 0 bridgehead atoms. The quantitative estimate of drug-likeness (QED) is 0.669. The van der Waals surface area contributed by atoms with Gasteiger partial charge in [-0.15, -0.1) is 0 Å². The molecule has 0 fully saturated rings. The summed E-state index contributed by atoms with van der Waals surface area (Å²) in [5, 5.41) is 22.3. The number of nitrogens with zero attached hydrogens (tertiary/aromatic N) is 1. The first-order valence-electron chi connectivity index (χ1n) is 7.97. The summed E-state index contributed by atoms with van der Waals surface area (Å²) in [6.07, 6.45) is 0. The Bertz CT molecular complexity index is 667. The summed E-state index contributed by atoms with van der Waals surface area (Å²) in [6.45, 7) is 8.98. The van der Waals surface area contributed by atoms with E-state index in [1.165, 1.54) is 0 Å². The lowest BCUT2D eigenvalue weighted by Gasteiger charge is -2.37. The Kier molecular flexibility index (Phi) is 4.83. The summed E-state index contributed by atoms with van der Waals surface area (Å²) < 4.78 is 0. The average molecular weight is 327 g/mol. The zero-order chi connectivity index (χ0) is 18.1. The summed E-state index contributed by atoms with van der Waals surface area (Å²) >= 11 is 0. The number of rotatable bonds is 3. The highest BCUT2D eigenvalue weighted by Gasteiger charge is 2.45. The third-order valence-corrected chi connectivity index (χ3v) is 4.08. The van der Waals surface area contributed by atoms with Gasteiger partial charge >= 0.3 is 0 Å². The maximum atomic E-state index is 13.0. The van der Waals surface area contributed by atoms with Crippen LogP contribution >= 0.6 is 0 Å². The molecule has 0 aliphatic heterocycles. The minimum Gasteiger partial charge on any atom is -0.372 e. The van der Waals surface area contributed by atoms with Crippen molar-refractivity contribution < 1.29 is 15.1 Å². The molecule has 1 amide bonds. The molecular formula is C20H25NO3. The number of aliphatic hydroxyl groups is 1. The van der Waals surface area contributed by atoms with E-state index in [1.54, 1.807) is 45.0 Å². The minimum atomic E-state index is -1.95. The van der Waals surface area contributed by atoms with Gasteiger partial charge in [0.25, 0.3) is 5.91 Å². The van der Waals surface area contributed by atoms with Crippen molar-refractivity contribution in [3.05, 3.63) is 70.8 Å². The summed E-state index contributed by atoms with van der Waals surface area (Å²) in [7, 11) is 0. The topological polar surface area (TPSA) is 60.8 Å². The molecule has 0 saturated heterocycles. The van der Waals surface area contributed by atoms with Gasteiger partial charge in [-0.05, 0) is 45.7 Å². The molecule has 0 heterocycles. The van der Waals surface area contributed by atoms with Gasteiger partial charge in [-0.3, -0.25) is 10.0 Å². The van der Waals surface area contributed by atoms with Crippen LogP contribution in [0.3, 0.4) is 0 Å². The highest BCUT2D eigenvalue weighted by Crippen LogP contribution is 2.33. The van der Waals surface area contributed by atoms with Gasteiger partial charge in [-0.2, -0.15) is 0 Å². The Balaban J connectivity index is 2.63. The van der Waals surface area contributed by atoms with Crippen molar-refractivity contribution >= 4 is 5.91 Å². The minimum absolute atomic E-state index is 0.422. The van der Waals surface area contributed by atoms with Crippen LogP contribution in [0.4, 0.5) is 0 Å². The molecule has 2 aromatic rings. The second-order valence-corrected chi connectivity index (χ2v) is 7.23. The zero-order valence-corrected chi connectivity index (χ0v) is 14.9. The van der Waals surface area contributed by atoms with Crippen molar-refractivity contribution in [1.82, 2.24) is 5.06 Å². The number of hydrogen-bond donors (Lipinski definition) is 2. The first-order valence-corrected chi connectivity index (χ1v) is 7.97.